The molecule has 0 aromatic carbocycles. The van der Waals surface area contributed by atoms with Crippen molar-refractivity contribution in [1.29, 1.82) is 0 Å². The summed E-state index contributed by atoms with van der Waals surface area (Å²) in [6.45, 7) is 0. The van der Waals surface area contributed by atoms with Crippen LogP contribution in [-0.2, 0) is 4.46 Å². The summed E-state index contributed by atoms with van der Waals surface area (Å²) in [5, 5.41) is 0. The molecule has 0 saturated carbocycles. The van der Waals surface area contributed by atoms with Crippen molar-refractivity contribution in [3.8, 4) is 0 Å². The van der Waals surface area contributed by atoms with Crippen LogP contribution in [0.25, 0.3) is 0 Å². The van der Waals surface area contributed by atoms with Crippen molar-refractivity contribution in [3.63, 3.8) is 0 Å². The minimum atomic E-state index is -3.13. The summed E-state index contributed by atoms with van der Waals surface area (Å²) >= 11 is 0. The second kappa shape index (κ2) is 15.8. The predicted octanol–water partition coefficient (Wildman–Crippen LogP) is -3.19. The fraction of sp³-hybridized carbons (Fsp3) is 0. The zero-order chi connectivity index (χ0) is 3.58. The molecular weight excluding hydrogens is 146 g/mol. The van der Waals surface area contributed by atoms with Gasteiger partial charge in [-0.3, -0.25) is 4.46 Å². The molecule has 0 fully saturated rings. The van der Waals surface area contributed by atoms with Gasteiger partial charge in [0.05, 0.1) is 0 Å². The van der Waals surface area contributed by atoms with E-state index >= 15 is 0 Å². The second-order valence-corrected chi connectivity index (χ2v) is 0.848. The van der Waals surface area contributed by atoms with Gasteiger partial charge in [-0.1, -0.05) is 0 Å². The molecule has 0 amide bonds. The van der Waals surface area contributed by atoms with Crippen LogP contribution in [0.4, 0.5) is 0 Å². The molecule has 7 heavy (non-hydrogen) atoms. The van der Waals surface area contributed by atoms with Crippen LogP contribution in [0.15, 0.2) is 0 Å². The van der Waals surface area contributed by atoms with Crippen LogP contribution < -0.4 is 6.15 Å². The molecule has 44 valence electrons. The SMILES string of the molecule is N.O.O=[Si](O)O.[CaH2]. The zero-order valence-corrected chi connectivity index (χ0v) is 4.01. The molecule has 0 aromatic rings. The third kappa shape index (κ3) is 246. The van der Waals surface area contributed by atoms with Gasteiger partial charge < -0.3 is 21.2 Å². The van der Waals surface area contributed by atoms with Gasteiger partial charge in [0.25, 0.3) is 0 Å². The average molecular weight is 155 g/mol. The van der Waals surface area contributed by atoms with Crippen LogP contribution in [0.1, 0.15) is 0 Å². The minimum absolute atomic E-state index is 0. The van der Waals surface area contributed by atoms with E-state index in [1.807, 2.05) is 0 Å². The van der Waals surface area contributed by atoms with Crippen molar-refractivity contribution in [1.82, 2.24) is 6.15 Å². The van der Waals surface area contributed by atoms with Crippen LogP contribution in [0.3, 0.4) is 0 Å². The van der Waals surface area contributed by atoms with Crippen LogP contribution in [0.5, 0.6) is 0 Å². The standard InChI is InChI=1S/Ca.H3N.H2O3Si.H2O.2H/c;;1-4(2)3;;;/h;1H3;1-2H;1H2;;. The molecule has 5 nitrogen and oxygen atoms in total. The molecule has 0 aliphatic heterocycles. The van der Waals surface area contributed by atoms with E-state index in [0.717, 1.165) is 0 Å². The summed E-state index contributed by atoms with van der Waals surface area (Å²) in [6, 6.07) is 0. The molecule has 0 aliphatic rings. The van der Waals surface area contributed by atoms with Gasteiger partial charge in [-0.25, -0.2) is 0 Å². The summed E-state index contributed by atoms with van der Waals surface area (Å²) in [5.74, 6) is 0. The van der Waals surface area contributed by atoms with E-state index in [4.69, 9.17) is 14.1 Å². The third-order valence-corrected chi connectivity index (χ3v) is 0. The molecule has 0 unspecified atom stereocenters. The first kappa shape index (κ1) is 25.0. The Labute approximate surface area is 72.1 Å². The van der Waals surface area contributed by atoms with E-state index < -0.39 is 9.17 Å². The molecule has 0 radical (unpaired) electrons. The summed E-state index contributed by atoms with van der Waals surface area (Å²) in [7, 11) is -3.13. The normalized spacial score (nSPS) is 3.43. The van der Waals surface area contributed by atoms with E-state index in [2.05, 4.69) is 0 Å². The summed E-state index contributed by atoms with van der Waals surface area (Å²) in [4.78, 5) is 14.3. The average Bonchev–Trinajstić information content (AvgIpc) is 0.811. The van der Waals surface area contributed by atoms with Crippen molar-refractivity contribution >= 4 is 46.9 Å². The number of hydrogen-bond donors (Lipinski definition) is 3. The molecule has 0 saturated heterocycles. The summed E-state index contributed by atoms with van der Waals surface area (Å²) in [5.41, 5.74) is 0. The molecule has 0 atom stereocenters. The van der Waals surface area contributed by atoms with Crippen LogP contribution in [0, 0.1) is 0 Å². The van der Waals surface area contributed by atoms with Crippen LogP contribution in [0.2, 0.25) is 0 Å². The molecule has 7 N–H and O–H groups in total. The van der Waals surface area contributed by atoms with Gasteiger partial charge in [-0.15, -0.1) is 0 Å². The Hall–Kier alpha value is 0.797. The van der Waals surface area contributed by atoms with Crippen molar-refractivity contribution in [2.24, 2.45) is 0 Å². The molecule has 0 aromatic heterocycles. The molecule has 0 bridgehead atoms. The maximum atomic E-state index is 8.74. The first-order chi connectivity index (χ1) is 1.73. The maximum absolute atomic E-state index is 8.74. The van der Waals surface area contributed by atoms with E-state index in [1.54, 1.807) is 0 Å². The topological polar surface area (TPSA) is 124 Å². The first-order valence-electron chi connectivity index (χ1n) is 0.651. The number of hydrogen-bond acceptors (Lipinski definition) is 2. The Morgan fingerprint density at radius 3 is 1.29 bits per heavy atom. The summed E-state index contributed by atoms with van der Waals surface area (Å²) in [6.07, 6.45) is 0. The van der Waals surface area contributed by atoms with Gasteiger partial charge in [-0.05, 0) is 0 Å². The molecule has 0 aliphatic carbocycles. The molecule has 0 heterocycles. The Morgan fingerprint density at radius 1 is 1.29 bits per heavy atom. The quantitative estimate of drug-likeness (QED) is 0.319. The Balaban J connectivity index is -0.0000000150. The molecule has 7 heteroatoms. The van der Waals surface area contributed by atoms with Crippen LogP contribution >= 0.6 is 0 Å². The Bertz CT molecular complexity index is 34.7. The molecule has 0 spiro atoms. The Morgan fingerprint density at radius 2 is 1.29 bits per heavy atom. The Kier molecular flexibility index (Phi) is 56.6. The van der Waals surface area contributed by atoms with Gasteiger partial charge in [0.1, 0.15) is 0 Å². The van der Waals surface area contributed by atoms with Gasteiger partial charge in [0.2, 0.25) is 0 Å². The van der Waals surface area contributed by atoms with Gasteiger partial charge in [0, 0.05) is 0 Å². The van der Waals surface area contributed by atoms with E-state index in [1.165, 1.54) is 0 Å². The predicted molar refractivity (Wildman–Crippen MR) is 28.1 cm³/mol. The van der Waals surface area contributed by atoms with Crippen LogP contribution in [-0.4, -0.2) is 62.0 Å². The number of rotatable bonds is 0. The van der Waals surface area contributed by atoms with Gasteiger partial charge >= 0.3 is 46.9 Å². The van der Waals surface area contributed by atoms with Crippen molar-refractivity contribution < 1.29 is 19.5 Å². The fourth-order valence-electron chi connectivity index (χ4n) is 0. The third-order valence-electron chi connectivity index (χ3n) is 0. The van der Waals surface area contributed by atoms with Gasteiger partial charge in [0.15, 0.2) is 0 Å². The zero-order valence-electron chi connectivity index (χ0n) is 3.01. The van der Waals surface area contributed by atoms with Crippen molar-refractivity contribution in [2.45, 2.75) is 0 Å². The monoisotopic (exact) mass is 155 g/mol. The second-order valence-electron chi connectivity index (χ2n) is 0.283. The van der Waals surface area contributed by atoms with E-state index in [-0.39, 0.29) is 49.4 Å². The fourth-order valence-corrected chi connectivity index (χ4v) is 0. The van der Waals surface area contributed by atoms with E-state index in [0.29, 0.717) is 0 Å². The molecular formula is H9CaNO4Si. The summed E-state index contributed by atoms with van der Waals surface area (Å²) < 4.78 is 8.74. The van der Waals surface area contributed by atoms with E-state index in [9.17, 15) is 0 Å². The first-order valence-corrected chi connectivity index (χ1v) is 1.95. The van der Waals surface area contributed by atoms with Crippen molar-refractivity contribution in [2.75, 3.05) is 0 Å². The molecule has 0 rings (SSSR count). The van der Waals surface area contributed by atoms with Gasteiger partial charge in [-0.2, -0.15) is 0 Å². The van der Waals surface area contributed by atoms with Crippen molar-refractivity contribution in [3.05, 3.63) is 0 Å².